The molecule has 2 amide bonds. The van der Waals surface area contributed by atoms with Crippen LogP contribution >= 0.6 is 0 Å². The molecule has 0 aromatic heterocycles. The SMILES string of the molecule is CCCN(C(=O)Nc1ccc(F)cc1)C1CCS(=O)(=O)C1. The highest BCUT2D eigenvalue weighted by atomic mass is 32.2. The molecule has 5 nitrogen and oxygen atoms in total. The number of benzene rings is 1. The Balaban J connectivity index is 2.07. The number of halogens is 1. The minimum atomic E-state index is -3.04. The Labute approximate surface area is 124 Å². The standard InChI is InChI=1S/C14H19FN2O3S/c1-2-8-17(13-7-9-21(19,20)10-13)14(18)16-12-5-3-11(15)4-6-12/h3-6,13H,2,7-10H2,1H3,(H,16,18). The van der Waals surface area contributed by atoms with Crippen molar-refractivity contribution < 1.29 is 17.6 Å². The summed E-state index contributed by atoms with van der Waals surface area (Å²) in [5, 5.41) is 2.68. The summed E-state index contributed by atoms with van der Waals surface area (Å²) in [6.45, 7) is 2.43. The largest absolute Gasteiger partial charge is 0.322 e. The number of sulfone groups is 1. The minimum absolute atomic E-state index is 0.0177. The summed E-state index contributed by atoms with van der Waals surface area (Å²) in [4.78, 5) is 13.9. The second-order valence-electron chi connectivity index (χ2n) is 5.19. The van der Waals surface area contributed by atoms with Crippen molar-refractivity contribution >= 4 is 21.6 Å². The van der Waals surface area contributed by atoms with Crippen LogP contribution in [0.3, 0.4) is 0 Å². The predicted octanol–water partition coefficient (Wildman–Crippen LogP) is 2.26. The van der Waals surface area contributed by atoms with Crippen LogP contribution in [-0.2, 0) is 9.84 Å². The maximum absolute atomic E-state index is 12.8. The molecule has 0 spiro atoms. The summed E-state index contributed by atoms with van der Waals surface area (Å²) in [5.74, 6) is -0.230. The molecule has 0 radical (unpaired) electrons. The first-order valence-electron chi connectivity index (χ1n) is 6.95. The number of hydrogen-bond donors (Lipinski definition) is 1. The van der Waals surface area contributed by atoms with Gasteiger partial charge in [0.1, 0.15) is 5.82 Å². The van der Waals surface area contributed by atoms with Crippen molar-refractivity contribution in [1.82, 2.24) is 4.90 Å². The van der Waals surface area contributed by atoms with E-state index in [4.69, 9.17) is 0 Å². The van der Waals surface area contributed by atoms with E-state index in [9.17, 15) is 17.6 Å². The van der Waals surface area contributed by atoms with E-state index >= 15 is 0 Å². The van der Waals surface area contributed by atoms with Gasteiger partial charge in [-0.2, -0.15) is 0 Å². The molecule has 1 aliphatic rings. The van der Waals surface area contributed by atoms with Gasteiger partial charge >= 0.3 is 6.03 Å². The summed E-state index contributed by atoms with van der Waals surface area (Å²) < 4.78 is 36.0. The van der Waals surface area contributed by atoms with E-state index in [2.05, 4.69) is 5.32 Å². The van der Waals surface area contributed by atoms with E-state index in [0.717, 1.165) is 6.42 Å². The molecule has 1 heterocycles. The Hall–Kier alpha value is -1.63. The zero-order valence-corrected chi connectivity index (χ0v) is 12.7. The van der Waals surface area contributed by atoms with E-state index in [-0.39, 0.29) is 29.4 Å². The number of amides is 2. The number of carbonyl (C=O) groups excluding carboxylic acids is 1. The first-order chi connectivity index (χ1) is 9.91. The Morgan fingerprint density at radius 2 is 2.05 bits per heavy atom. The van der Waals surface area contributed by atoms with Gasteiger partial charge in [-0.3, -0.25) is 0 Å². The van der Waals surface area contributed by atoms with E-state index < -0.39 is 9.84 Å². The van der Waals surface area contributed by atoms with Gasteiger partial charge in [-0.1, -0.05) is 6.92 Å². The number of urea groups is 1. The molecule has 116 valence electrons. The quantitative estimate of drug-likeness (QED) is 0.927. The van der Waals surface area contributed by atoms with Gasteiger partial charge in [-0.05, 0) is 37.1 Å². The van der Waals surface area contributed by atoms with Crippen LogP contribution in [0.25, 0.3) is 0 Å². The molecule has 1 fully saturated rings. The van der Waals surface area contributed by atoms with Gasteiger partial charge in [0, 0.05) is 18.3 Å². The van der Waals surface area contributed by atoms with Crippen molar-refractivity contribution in [2.45, 2.75) is 25.8 Å². The molecular formula is C14H19FN2O3S. The van der Waals surface area contributed by atoms with Gasteiger partial charge in [0.05, 0.1) is 11.5 Å². The zero-order valence-electron chi connectivity index (χ0n) is 11.9. The molecule has 0 aliphatic carbocycles. The fourth-order valence-corrected chi connectivity index (χ4v) is 4.17. The monoisotopic (exact) mass is 314 g/mol. The highest BCUT2D eigenvalue weighted by Crippen LogP contribution is 2.19. The molecule has 1 unspecified atom stereocenters. The van der Waals surface area contributed by atoms with Crippen molar-refractivity contribution in [3.05, 3.63) is 30.1 Å². The lowest BCUT2D eigenvalue weighted by atomic mass is 10.2. The van der Waals surface area contributed by atoms with Gasteiger partial charge in [0.2, 0.25) is 0 Å². The van der Waals surface area contributed by atoms with Crippen molar-refractivity contribution in [2.75, 3.05) is 23.4 Å². The highest BCUT2D eigenvalue weighted by Gasteiger charge is 2.34. The molecule has 1 N–H and O–H groups in total. The molecule has 1 aromatic carbocycles. The molecule has 0 bridgehead atoms. The zero-order chi connectivity index (χ0) is 15.5. The molecule has 2 rings (SSSR count). The van der Waals surface area contributed by atoms with Crippen LogP contribution in [0.4, 0.5) is 14.9 Å². The second kappa shape index (κ2) is 6.43. The molecule has 0 saturated carbocycles. The molecule has 1 saturated heterocycles. The third kappa shape index (κ3) is 4.17. The number of nitrogens with one attached hydrogen (secondary N) is 1. The number of carbonyl (C=O) groups is 1. The molecule has 1 atom stereocenters. The van der Waals surface area contributed by atoms with Gasteiger partial charge in [-0.25, -0.2) is 17.6 Å². The van der Waals surface area contributed by atoms with E-state index in [1.54, 1.807) is 4.90 Å². The number of nitrogens with zero attached hydrogens (tertiary/aromatic N) is 1. The number of rotatable bonds is 4. The first-order valence-corrected chi connectivity index (χ1v) is 8.77. The lowest BCUT2D eigenvalue weighted by Gasteiger charge is -2.28. The smallest absolute Gasteiger partial charge is 0.321 e. The Morgan fingerprint density at radius 3 is 2.57 bits per heavy atom. The summed E-state index contributed by atoms with van der Waals surface area (Å²) in [6.07, 6.45) is 1.21. The Bertz CT molecular complexity index is 601. The van der Waals surface area contributed by atoms with E-state index in [0.29, 0.717) is 18.7 Å². The predicted molar refractivity (Wildman–Crippen MR) is 79.5 cm³/mol. The highest BCUT2D eigenvalue weighted by molar-refractivity contribution is 7.91. The first kappa shape index (κ1) is 15.8. The van der Waals surface area contributed by atoms with E-state index in [1.165, 1.54) is 24.3 Å². The second-order valence-corrected chi connectivity index (χ2v) is 7.42. The van der Waals surface area contributed by atoms with Crippen LogP contribution in [0, 0.1) is 5.82 Å². The third-order valence-corrected chi connectivity index (χ3v) is 5.22. The molecule has 1 aromatic rings. The van der Waals surface area contributed by atoms with Crippen molar-refractivity contribution in [1.29, 1.82) is 0 Å². The molecule has 1 aliphatic heterocycles. The van der Waals surface area contributed by atoms with Gasteiger partial charge in [-0.15, -0.1) is 0 Å². The van der Waals surface area contributed by atoms with Crippen molar-refractivity contribution in [3.63, 3.8) is 0 Å². The third-order valence-electron chi connectivity index (χ3n) is 3.47. The van der Waals surface area contributed by atoms with E-state index in [1.807, 2.05) is 6.92 Å². The topological polar surface area (TPSA) is 66.5 Å². The molecule has 7 heteroatoms. The maximum atomic E-state index is 12.8. The summed E-state index contributed by atoms with van der Waals surface area (Å²) in [5.41, 5.74) is 0.489. The average Bonchev–Trinajstić information content (AvgIpc) is 2.78. The summed E-state index contributed by atoms with van der Waals surface area (Å²) >= 11 is 0. The fourth-order valence-electron chi connectivity index (χ4n) is 2.44. The van der Waals surface area contributed by atoms with Crippen LogP contribution < -0.4 is 5.32 Å². The van der Waals surface area contributed by atoms with Gasteiger partial charge in [0.15, 0.2) is 9.84 Å². The van der Waals surface area contributed by atoms with Crippen LogP contribution in [0.1, 0.15) is 19.8 Å². The maximum Gasteiger partial charge on any atom is 0.322 e. The fraction of sp³-hybridized carbons (Fsp3) is 0.500. The van der Waals surface area contributed by atoms with Gasteiger partial charge in [0.25, 0.3) is 0 Å². The van der Waals surface area contributed by atoms with Crippen LogP contribution in [-0.4, -0.2) is 43.4 Å². The van der Waals surface area contributed by atoms with Crippen LogP contribution in [0.15, 0.2) is 24.3 Å². The number of anilines is 1. The Kier molecular flexibility index (Phi) is 4.82. The van der Waals surface area contributed by atoms with Gasteiger partial charge < -0.3 is 10.2 Å². The normalized spacial score (nSPS) is 20.2. The minimum Gasteiger partial charge on any atom is -0.321 e. The van der Waals surface area contributed by atoms with Crippen molar-refractivity contribution in [3.8, 4) is 0 Å². The average molecular weight is 314 g/mol. The Morgan fingerprint density at radius 1 is 1.38 bits per heavy atom. The molecular weight excluding hydrogens is 295 g/mol. The number of hydrogen-bond acceptors (Lipinski definition) is 3. The van der Waals surface area contributed by atoms with Crippen LogP contribution in [0.2, 0.25) is 0 Å². The lowest BCUT2D eigenvalue weighted by molar-refractivity contribution is 0.194. The van der Waals surface area contributed by atoms with Crippen molar-refractivity contribution in [2.24, 2.45) is 0 Å². The summed E-state index contributed by atoms with van der Waals surface area (Å²) in [6, 6.07) is 4.85. The molecule has 21 heavy (non-hydrogen) atoms. The summed E-state index contributed by atoms with van der Waals surface area (Å²) in [7, 11) is -3.04. The van der Waals surface area contributed by atoms with Crippen LogP contribution in [0.5, 0.6) is 0 Å². The lowest BCUT2D eigenvalue weighted by Crippen LogP contribution is -2.44.